The maximum Gasteiger partial charge on any atom is 0.327 e. The highest BCUT2D eigenvalue weighted by Gasteiger charge is 2.22. The Kier molecular flexibility index (Phi) is 9.88. The predicted octanol–water partition coefficient (Wildman–Crippen LogP) is 4.22. The number of anilines is 2. The van der Waals surface area contributed by atoms with Crippen molar-refractivity contribution in [1.82, 2.24) is 15.2 Å². The average molecular weight is 532 g/mol. The molecule has 39 heavy (non-hydrogen) atoms. The van der Waals surface area contributed by atoms with Crippen molar-refractivity contribution >= 4 is 23.4 Å². The van der Waals surface area contributed by atoms with Gasteiger partial charge >= 0.3 is 6.03 Å². The summed E-state index contributed by atoms with van der Waals surface area (Å²) in [7, 11) is 7.21. The lowest BCUT2D eigenvalue weighted by molar-refractivity contribution is 0.171. The van der Waals surface area contributed by atoms with Crippen LogP contribution in [0.2, 0.25) is 0 Å². The summed E-state index contributed by atoms with van der Waals surface area (Å²) in [5, 5.41) is 14.0. The molecule has 5 N–H and O–H groups in total. The Morgan fingerprint density at radius 1 is 1.10 bits per heavy atom. The lowest BCUT2D eigenvalue weighted by atomic mass is 10.0. The molecule has 1 heterocycles. The minimum Gasteiger partial charge on any atom is -0.493 e. The second-order valence-electron chi connectivity index (χ2n) is 9.37. The Bertz CT molecular complexity index is 1280. The number of pyridine rings is 1. The largest absolute Gasteiger partial charge is 0.493 e. The number of nitrogen functional groups attached to an aromatic ring is 1. The maximum atomic E-state index is 13.0. The van der Waals surface area contributed by atoms with Crippen molar-refractivity contribution in [1.29, 1.82) is 5.41 Å². The van der Waals surface area contributed by atoms with Gasteiger partial charge in [0.25, 0.3) is 0 Å². The summed E-state index contributed by atoms with van der Waals surface area (Å²) < 4.78 is 11.8. The number of hydrogen-bond donors (Lipinski definition) is 4. The van der Waals surface area contributed by atoms with Crippen LogP contribution < -0.4 is 30.7 Å². The van der Waals surface area contributed by atoms with Gasteiger partial charge in [0.2, 0.25) is 0 Å². The van der Waals surface area contributed by atoms with E-state index in [2.05, 4.69) is 27.1 Å². The van der Waals surface area contributed by atoms with Crippen molar-refractivity contribution < 1.29 is 14.3 Å². The summed E-state index contributed by atoms with van der Waals surface area (Å²) in [4.78, 5) is 20.7. The van der Waals surface area contributed by atoms with Crippen molar-refractivity contribution in [2.24, 2.45) is 5.73 Å². The molecule has 10 heteroatoms. The molecule has 3 aromatic rings. The summed E-state index contributed by atoms with van der Waals surface area (Å²) in [5.74, 6) is 1.66. The molecule has 0 aliphatic rings. The van der Waals surface area contributed by atoms with E-state index < -0.39 is 6.04 Å². The van der Waals surface area contributed by atoms with Crippen LogP contribution in [0, 0.1) is 5.41 Å². The molecular weight excluding hydrogens is 494 g/mol. The molecule has 0 aliphatic carbocycles. The smallest absolute Gasteiger partial charge is 0.327 e. The molecule has 0 spiro atoms. The molecule has 2 aromatic carbocycles. The first-order valence-corrected chi connectivity index (χ1v) is 12.4. The number of carbonyl (C=O) groups is 1. The van der Waals surface area contributed by atoms with E-state index in [4.69, 9.17) is 20.6 Å². The second-order valence-corrected chi connectivity index (χ2v) is 9.37. The molecule has 2 amide bonds. The molecule has 2 unspecified atom stereocenters. The standard InChI is InChI=1S/C29H37N7O3/c1-19(18-35(3)4)39-24-15-12-22(17-25(24)38-6)27(34-23-13-10-21(11-14-23)28(30)31)20(2)33-29(37)36(5)26-9-7-8-16-32-26/h7-17,19,27,34H,2,18H2,1,3-6H3,(H3,30,31)(H,33,37). The van der Waals surface area contributed by atoms with Crippen LogP contribution in [0.5, 0.6) is 11.5 Å². The summed E-state index contributed by atoms with van der Waals surface area (Å²) in [6, 6.07) is 17.2. The molecule has 0 aliphatic heterocycles. The van der Waals surface area contributed by atoms with Crippen LogP contribution in [0.25, 0.3) is 0 Å². The Balaban J connectivity index is 1.90. The van der Waals surface area contributed by atoms with Crippen LogP contribution in [0.3, 0.4) is 0 Å². The van der Waals surface area contributed by atoms with Crippen LogP contribution in [0.1, 0.15) is 24.1 Å². The number of nitrogens with zero attached hydrogens (tertiary/aromatic N) is 3. The highest BCUT2D eigenvalue weighted by molar-refractivity contribution is 5.95. The van der Waals surface area contributed by atoms with Crippen molar-refractivity contribution in [3.63, 3.8) is 0 Å². The van der Waals surface area contributed by atoms with Crippen molar-refractivity contribution in [2.45, 2.75) is 19.1 Å². The molecule has 0 radical (unpaired) electrons. The van der Waals surface area contributed by atoms with Gasteiger partial charge in [-0.05, 0) is 75.1 Å². The van der Waals surface area contributed by atoms with E-state index in [1.54, 1.807) is 44.6 Å². The van der Waals surface area contributed by atoms with Gasteiger partial charge in [0, 0.05) is 36.7 Å². The summed E-state index contributed by atoms with van der Waals surface area (Å²) in [6.45, 7) is 6.92. The fraction of sp³-hybridized carbons (Fsp3) is 0.276. The molecule has 0 fully saturated rings. The van der Waals surface area contributed by atoms with Gasteiger partial charge in [-0.1, -0.05) is 18.7 Å². The van der Waals surface area contributed by atoms with E-state index in [0.29, 0.717) is 28.6 Å². The molecular formula is C29H37N7O3. The Hall–Kier alpha value is -4.57. The number of amidine groups is 1. The third-order valence-corrected chi connectivity index (χ3v) is 5.89. The zero-order valence-corrected chi connectivity index (χ0v) is 23.1. The fourth-order valence-electron chi connectivity index (χ4n) is 3.96. The van der Waals surface area contributed by atoms with Gasteiger partial charge in [-0.25, -0.2) is 9.78 Å². The number of methoxy groups -OCH3 is 1. The lowest BCUT2D eigenvalue weighted by Crippen LogP contribution is -2.39. The number of nitrogens with two attached hydrogens (primary N) is 1. The van der Waals surface area contributed by atoms with E-state index in [9.17, 15) is 4.79 Å². The van der Waals surface area contributed by atoms with Gasteiger partial charge in [-0.2, -0.15) is 0 Å². The second kappa shape index (κ2) is 13.3. The number of carbonyl (C=O) groups excluding carboxylic acids is 1. The lowest BCUT2D eigenvalue weighted by Gasteiger charge is -2.26. The highest BCUT2D eigenvalue weighted by Crippen LogP contribution is 2.34. The van der Waals surface area contributed by atoms with Crippen molar-refractivity contribution in [3.05, 3.63) is 90.3 Å². The zero-order valence-electron chi connectivity index (χ0n) is 23.1. The van der Waals surface area contributed by atoms with E-state index in [-0.39, 0.29) is 18.0 Å². The number of benzene rings is 2. The molecule has 206 valence electrons. The van der Waals surface area contributed by atoms with Crippen LogP contribution in [-0.2, 0) is 0 Å². The van der Waals surface area contributed by atoms with Gasteiger partial charge in [0.05, 0.1) is 13.2 Å². The minimum absolute atomic E-state index is 0.0175. The molecule has 0 bridgehead atoms. The fourth-order valence-corrected chi connectivity index (χ4v) is 3.96. The first-order chi connectivity index (χ1) is 18.6. The highest BCUT2D eigenvalue weighted by atomic mass is 16.5. The topological polar surface area (TPSA) is 129 Å². The van der Waals surface area contributed by atoms with Crippen LogP contribution >= 0.6 is 0 Å². The number of urea groups is 1. The van der Waals surface area contributed by atoms with Gasteiger partial charge < -0.3 is 30.7 Å². The Morgan fingerprint density at radius 2 is 1.82 bits per heavy atom. The number of rotatable bonds is 12. The van der Waals surface area contributed by atoms with Crippen LogP contribution in [-0.4, -0.2) is 62.7 Å². The average Bonchev–Trinajstić information content (AvgIpc) is 2.91. The molecule has 10 nitrogen and oxygen atoms in total. The zero-order chi connectivity index (χ0) is 28.5. The van der Waals surface area contributed by atoms with Gasteiger partial charge in [-0.3, -0.25) is 10.3 Å². The van der Waals surface area contributed by atoms with Crippen LogP contribution in [0.15, 0.2) is 79.1 Å². The van der Waals surface area contributed by atoms with Gasteiger partial charge in [-0.15, -0.1) is 0 Å². The first kappa shape index (κ1) is 29.0. The normalized spacial score (nSPS) is 12.3. The number of aromatic nitrogens is 1. The molecule has 0 saturated heterocycles. The van der Waals surface area contributed by atoms with E-state index in [0.717, 1.165) is 17.8 Å². The van der Waals surface area contributed by atoms with E-state index >= 15 is 0 Å². The molecule has 1 aromatic heterocycles. The Labute approximate surface area is 229 Å². The Morgan fingerprint density at radius 3 is 2.41 bits per heavy atom. The molecule has 0 saturated carbocycles. The monoisotopic (exact) mass is 531 g/mol. The van der Waals surface area contributed by atoms with Crippen molar-refractivity contribution in [2.75, 3.05) is 45.0 Å². The third-order valence-electron chi connectivity index (χ3n) is 5.89. The first-order valence-electron chi connectivity index (χ1n) is 12.4. The molecule has 3 rings (SSSR count). The van der Waals surface area contributed by atoms with Gasteiger partial charge in [0.1, 0.15) is 17.8 Å². The number of amides is 2. The van der Waals surface area contributed by atoms with Crippen molar-refractivity contribution in [3.8, 4) is 11.5 Å². The number of nitrogens with one attached hydrogen (secondary N) is 3. The number of ether oxygens (including phenoxy) is 2. The minimum atomic E-state index is -0.531. The number of likely N-dealkylation sites (N-methyl/N-ethyl adjacent to an activating group) is 1. The summed E-state index contributed by atoms with van der Waals surface area (Å²) in [5.41, 5.74) is 8.17. The number of hydrogen-bond acceptors (Lipinski definition) is 7. The molecule has 2 atom stereocenters. The predicted molar refractivity (Wildman–Crippen MR) is 156 cm³/mol. The quantitative estimate of drug-likeness (QED) is 0.203. The summed E-state index contributed by atoms with van der Waals surface area (Å²) in [6.07, 6.45) is 1.57. The summed E-state index contributed by atoms with van der Waals surface area (Å²) >= 11 is 0. The van der Waals surface area contributed by atoms with E-state index in [1.807, 2.05) is 57.4 Å². The van der Waals surface area contributed by atoms with Crippen LogP contribution in [0.4, 0.5) is 16.3 Å². The third kappa shape index (κ3) is 7.96. The SMILES string of the molecule is C=C(NC(=O)N(C)c1ccccn1)C(Nc1ccc(C(=N)N)cc1)c1ccc(OC(C)CN(C)C)c(OC)c1. The van der Waals surface area contributed by atoms with Gasteiger partial charge in [0.15, 0.2) is 11.5 Å². The van der Waals surface area contributed by atoms with E-state index in [1.165, 1.54) is 4.90 Å². The maximum absolute atomic E-state index is 13.0.